The van der Waals surface area contributed by atoms with Gasteiger partial charge in [-0.1, -0.05) is 6.42 Å². The average Bonchev–Trinajstić information content (AvgIpc) is 2.69. The van der Waals surface area contributed by atoms with Crippen LogP contribution in [0, 0.1) is 31.6 Å². The molecule has 3 rings (SSSR count). The first kappa shape index (κ1) is 15.5. The highest BCUT2D eigenvalue weighted by Gasteiger charge is 2.40. The highest BCUT2D eigenvalue weighted by molar-refractivity contribution is 5.78. The topological polar surface area (TPSA) is 72.9 Å². The minimum Gasteiger partial charge on any atom is -0.352 e. The van der Waals surface area contributed by atoms with Crippen molar-refractivity contribution in [2.45, 2.75) is 58.5 Å². The lowest BCUT2D eigenvalue weighted by molar-refractivity contribution is -0.128. The van der Waals surface area contributed by atoms with Crippen molar-refractivity contribution < 1.29 is 4.79 Å². The highest BCUT2D eigenvalue weighted by atomic mass is 16.1. The van der Waals surface area contributed by atoms with Crippen molar-refractivity contribution in [3.63, 3.8) is 0 Å². The number of nitrogens with two attached hydrogens (primary N) is 1. The Hall–Kier alpha value is -1.36. The third-order valence-electron chi connectivity index (χ3n) is 5.88. The molecule has 2 atom stereocenters. The summed E-state index contributed by atoms with van der Waals surface area (Å²) in [5.74, 6) is 1.44. The second-order valence-corrected chi connectivity index (χ2v) is 7.19. The largest absolute Gasteiger partial charge is 0.352 e. The van der Waals surface area contributed by atoms with Crippen LogP contribution < -0.4 is 11.1 Å². The Morgan fingerprint density at radius 3 is 2.50 bits per heavy atom. The van der Waals surface area contributed by atoms with Crippen molar-refractivity contribution in [2.75, 3.05) is 0 Å². The van der Waals surface area contributed by atoms with Gasteiger partial charge in [0.1, 0.15) is 0 Å². The number of hydrogen-bond donors (Lipinski definition) is 2. The predicted octanol–water partition coefficient (Wildman–Crippen LogP) is 1.81. The van der Waals surface area contributed by atoms with Crippen LogP contribution in [0.25, 0.3) is 0 Å². The lowest BCUT2D eigenvalue weighted by atomic mass is 9.65. The minimum atomic E-state index is 0.146. The molecule has 1 aromatic heterocycles. The number of amides is 1. The summed E-state index contributed by atoms with van der Waals surface area (Å²) in [4.78, 5) is 12.6. The van der Waals surface area contributed by atoms with Gasteiger partial charge in [0.25, 0.3) is 0 Å². The Bertz CT molecular complexity index is 551. The van der Waals surface area contributed by atoms with Crippen LogP contribution in [0.3, 0.4) is 0 Å². The standard InChI is InChI=1S/C17H28N4O/c1-10-15(11(2)21(3)20-10)9-19-17(22)14-7-12-5-4-6-13(8-14)16(12)18/h12-14,16H,4-9,18H2,1-3H3,(H,19,22). The first-order valence-electron chi connectivity index (χ1n) is 8.49. The van der Waals surface area contributed by atoms with E-state index < -0.39 is 0 Å². The van der Waals surface area contributed by atoms with Gasteiger partial charge in [-0.05, 0) is 51.4 Å². The molecule has 2 unspecified atom stereocenters. The van der Waals surface area contributed by atoms with Crippen LogP contribution in [-0.4, -0.2) is 21.7 Å². The summed E-state index contributed by atoms with van der Waals surface area (Å²) in [6.45, 7) is 4.63. The molecule has 1 aromatic rings. The lowest BCUT2D eigenvalue weighted by Gasteiger charge is -2.43. The summed E-state index contributed by atoms with van der Waals surface area (Å²) in [6, 6.07) is 0.320. The first-order chi connectivity index (χ1) is 10.5. The van der Waals surface area contributed by atoms with E-state index in [1.165, 1.54) is 19.3 Å². The van der Waals surface area contributed by atoms with Crippen LogP contribution >= 0.6 is 0 Å². The van der Waals surface area contributed by atoms with E-state index in [-0.39, 0.29) is 11.8 Å². The van der Waals surface area contributed by atoms with Crippen molar-refractivity contribution in [3.05, 3.63) is 17.0 Å². The molecular formula is C17H28N4O. The zero-order valence-electron chi connectivity index (χ0n) is 13.9. The van der Waals surface area contributed by atoms with Gasteiger partial charge in [0.05, 0.1) is 5.69 Å². The average molecular weight is 304 g/mol. The van der Waals surface area contributed by atoms with E-state index in [1.807, 2.05) is 25.6 Å². The van der Waals surface area contributed by atoms with Gasteiger partial charge >= 0.3 is 0 Å². The molecule has 0 radical (unpaired) electrons. The first-order valence-corrected chi connectivity index (χ1v) is 8.49. The predicted molar refractivity (Wildman–Crippen MR) is 86.1 cm³/mol. The molecule has 1 heterocycles. The van der Waals surface area contributed by atoms with Crippen LogP contribution in [0.4, 0.5) is 0 Å². The molecule has 0 spiro atoms. The van der Waals surface area contributed by atoms with E-state index in [9.17, 15) is 4.79 Å². The molecule has 5 heteroatoms. The third kappa shape index (κ3) is 2.78. The van der Waals surface area contributed by atoms with Gasteiger partial charge in [0.15, 0.2) is 0 Å². The zero-order chi connectivity index (χ0) is 15.9. The number of aromatic nitrogens is 2. The van der Waals surface area contributed by atoms with Gasteiger partial charge in [-0.15, -0.1) is 0 Å². The molecule has 3 N–H and O–H groups in total. The Morgan fingerprint density at radius 2 is 1.95 bits per heavy atom. The van der Waals surface area contributed by atoms with E-state index in [4.69, 9.17) is 5.73 Å². The summed E-state index contributed by atoms with van der Waals surface area (Å²) in [6.07, 6.45) is 5.61. The second-order valence-electron chi connectivity index (χ2n) is 7.19. The number of aryl methyl sites for hydroxylation is 2. The SMILES string of the molecule is Cc1nn(C)c(C)c1CNC(=O)C1CC2CCCC(C1)C2N. The van der Waals surface area contributed by atoms with Gasteiger partial charge in [-0.25, -0.2) is 0 Å². The van der Waals surface area contributed by atoms with E-state index in [2.05, 4.69) is 10.4 Å². The van der Waals surface area contributed by atoms with E-state index >= 15 is 0 Å². The van der Waals surface area contributed by atoms with Gasteiger partial charge in [-0.2, -0.15) is 5.10 Å². The summed E-state index contributed by atoms with van der Waals surface area (Å²) in [5, 5.41) is 7.54. The summed E-state index contributed by atoms with van der Waals surface area (Å²) < 4.78 is 1.88. The quantitative estimate of drug-likeness (QED) is 0.894. The monoisotopic (exact) mass is 304 g/mol. The molecule has 2 aliphatic carbocycles. The van der Waals surface area contributed by atoms with Gasteiger partial charge in [0, 0.05) is 36.8 Å². The lowest BCUT2D eigenvalue weighted by Crippen LogP contribution is -2.49. The minimum absolute atomic E-state index is 0.146. The molecule has 0 saturated heterocycles. The molecule has 2 saturated carbocycles. The highest BCUT2D eigenvalue weighted by Crippen LogP contribution is 2.41. The number of nitrogens with zero attached hydrogens (tertiary/aromatic N) is 2. The van der Waals surface area contributed by atoms with E-state index in [0.29, 0.717) is 24.4 Å². The number of hydrogen-bond acceptors (Lipinski definition) is 3. The molecule has 0 aromatic carbocycles. The van der Waals surface area contributed by atoms with Crippen LogP contribution in [0.2, 0.25) is 0 Å². The van der Waals surface area contributed by atoms with Crippen LogP contribution in [-0.2, 0) is 18.4 Å². The summed E-state index contributed by atoms with van der Waals surface area (Å²) in [5.41, 5.74) is 9.58. The molecular weight excluding hydrogens is 276 g/mol. The smallest absolute Gasteiger partial charge is 0.223 e. The van der Waals surface area contributed by atoms with E-state index in [1.54, 1.807) is 0 Å². The third-order valence-corrected chi connectivity index (χ3v) is 5.88. The van der Waals surface area contributed by atoms with Crippen LogP contribution in [0.1, 0.15) is 49.1 Å². The Kier molecular flexibility index (Phi) is 4.26. The molecule has 2 aliphatic rings. The maximum absolute atomic E-state index is 12.6. The van der Waals surface area contributed by atoms with E-state index in [0.717, 1.165) is 29.8 Å². The maximum atomic E-state index is 12.6. The van der Waals surface area contributed by atoms with Gasteiger partial charge < -0.3 is 11.1 Å². The molecule has 2 fully saturated rings. The fourth-order valence-electron chi connectivity index (χ4n) is 4.40. The van der Waals surface area contributed by atoms with Gasteiger partial charge in [-0.3, -0.25) is 9.48 Å². The normalized spacial score (nSPS) is 31.1. The van der Waals surface area contributed by atoms with Gasteiger partial charge in [0.2, 0.25) is 5.91 Å². The molecule has 2 bridgehead atoms. The van der Waals surface area contributed by atoms with Crippen LogP contribution in [0.15, 0.2) is 0 Å². The number of rotatable bonds is 3. The Morgan fingerprint density at radius 1 is 1.32 bits per heavy atom. The molecule has 0 aliphatic heterocycles. The molecule has 1 amide bonds. The number of carbonyl (C=O) groups is 1. The molecule has 122 valence electrons. The van der Waals surface area contributed by atoms with Crippen molar-refractivity contribution >= 4 is 5.91 Å². The number of nitrogens with one attached hydrogen (secondary N) is 1. The van der Waals surface area contributed by atoms with Crippen molar-refractivity contribution in [2.24, 2.45) is 30.5 Å². The Balaban J connectivity index is 1.61. The molecule has 22 heavy (non-hydrogen) atoms. The fraction of sp³-hybridized carbons (Fsp3) is 0.765. The van der Waals surface area contributed by atoms with Crippen molar-refractivity contribution in [1.29, 1.82) is 0 Å². The van der Waals surface area contributed by atoms with Crippen LogP contribution in [0.5, 0.6) is 0 Å². The summed E-state index contributed by atoms with van der Waals surface area (Å²) in [7, 11) is 1.94. The summed E-state index contributed by atoms with van der Waals surface area (Å²) >= 11 is 0. The van der Waals surface area contributed by atoms with Crippen molar-refractivity contribution in [1.82, 2.24) is 15.1 Å². The number of fused-ring (bicyclic) bond motifs is 2. The second kappa shape index (κ2) is 6.03. The zero-order valence-corrected chi connectivity index (χ0v) is 13.9. The maximum Gasteiger partial charge on any atom is 0.223 e. The van der Waals surface area contributed by atoms with Crippen molar-refractivity contribution in [3.8, 4) is 0 Å². The number of carbonyl (C=O) groups excluding carboxylic acids is 1. The fourth-order valence-corrected chi connectivity index (χ4v) is 4.40. The molecule has 5 nitrogen and oxygen atoms in total. The Labute approximate surface area is 132 Å².